The second-order valence-corrected chi connectivity index (χ2v) is 10.6. The van der Waals surface area contributed by atoms with E-state index >= 15 is 0 Å². The van der Waals surface area contributed by atoms with E-state index in [9.17, 15) is 10.2 Å². The molecule has 1 saturated heterocycles. The smallest absolute Gasteiger partial charge is 0.166 e. The van der Waals surface area contributed by atoms with Crippen LogP contribution in [-0.4, -0.2) is 39.9 Å². The van der Waals surface area contributed by atoms with Crippen LogP contribution >= 0.6 is 0 Å². The van der Waals surface area contributed by atoms with Gasteiger partial charge in [-0.2, -0.15) is 0 Å². The summed E-state index contributed by atoms with van der Waals surface area (Å²) in [4.78, 5) is 5.22. The number of phenols is 1. The largest absolute Gasteiger partial charge is 0.504 e. The maximum atomic E-state index is 12.7. The highest BCUT2D eigenvalue weighted by Crippen LogP contribution is 2.67. The molecule has 0 amide bonds. The van der Waals surface area contributed by atoms with Gasteiger partial charge in [-0.05, 0) is 36.1 Å². The maximum absolute atomic E-state index is 12.7. The van der Waals surface area contributed by atoms with Crippen molar-refractivity contribution in [3.8, 4) is 11.5 Å². The highest BCUT2D eigenvalue weighted by molar-refractivity contribution is 5.86. The fourth-order valence-corrected chi connectivity index (χ4v) is 7.80. The van der Waals surface area contributed by atoms with E-state index in [0.29, 0.717) is 12.2 Å². The number of phenolic OH excluding ortho intramolecular Hbond substituents is 1. The van der Waals surface area contributed by atoms with Gasteiger partial charge < -0.3 is 24.8 Å². The summed E-state index contributed by atoms with van der Waals surface area (Å²) < 4.78 is 6.61. The Kier molecular flexibility index (Phi) is 2.91. The van der Waals surface area contributed by atoms with Crippen LogP contribution in [0.1, 0.15) is 47.8 Å². The van der Waals surface area contributed by atoms with Crippen molar-refractivity contribution >= 4 is 10.9 Å². The van der Waals surface area contributed by atoms with Crippen LogP contribution in [0.4, 0.5) is 0 Å². The van der Waals surface area contributed by atoms with Crippen LogP contribution in [0.3, 0.4) is 0 Å². The van der Waals surface area contributed by atoms with Gasteiger partial charge in [-0.25, -0.2) is 0 Å². The number of nitrogens with one attached hydrogen (secondary N) is 2. The summed E-state index contributed by atoms with van der Waals surface area (Å²) >= 11 is 0. The highest BCUT2D eigenvalue weighted by atomic mass is 16.5. The molecule has 2 fully saturated rings. The van der Waals surface area contributed by atoms with E-state index in [1.165, 1.54) is 35.9 Å². The number of aromatic nitrogens is 1. The quantitative estimate of drug-likeness (QED) is 0.519. The van der Waals surface area contributed by atoms with E-state index in [1.54, 1.807) is 11.0 Å². The Hall–Kier alpha value is -2.50. The van der Waals surface area contributed by atoms with E-state index in [1.807, 2.05) is 0 Å². The monoisotopic (exact) mass is 415 g/mol. The van der Waals surface area contributed by atoms with Gasteiger partial charge in [-0.1, -0.05) is 24.3 Å². The minimum Gasteiger partial charge on any atom is -0.504 e. The number of quaternary nitrogens is 1. The van der Waals surface area contributed by atoms with Crippen LogP contribution in [0.2, 0.25) is 0 Å². The molecular formula is C26H27N2O3+. The highest BCUT2D eigenvalue weighted by Gasteiger charge is 2.74. The Morgan fingerprint density at radius 1 is 1.16 bits per heavy atom. The van der Waals surface area contributed by atoms with Crippen molar-refractivity contribution in [3.05, 3.63) is 58.8 Å². The van der Waals surface area contributed by atoms with Crippen LogP contribution in [0.15, 0.2) is 36.4 Å². The molecule has 5 aliphatic rings. The minimum atomic E-state index is -0.871. The van der Waals surface area contributed by atoms with Gasteiger partial charge in [0.2, 0.25) is 0 Å². The number of para-hydroxylation sites is 1. The molecule has 8 rings (SSSR count). The number of fused-ring (bicyclic) bond motifs is 4. The summed E-state index contributed by atoms with van der Waals surface area (Å²) in [6.45, 7) is 2.24. The van der Waals surface area contributed by atoms with Crippen LogP contribution < -0.4 is 9.64 Å². The molecule has 0 radical (unpaired) electrons. The van der Waals surface area contributed by atoms with Crippen LogP contribution in [0.5, 0.6) is 11.5 Å². The Balaban J connectivity index is 1.43. The van der Waals surface area contributed by atoms with E-state index in [0.717, 1.165) is 42.1 Å². The number of piperidine rings is 1. The summed E-state index contributed by atoms with van der Waals surface area (Å²) in [5, 5.41) is 24.7. The predicted octanol–water partition coefficient (Wildman–Crippen LogP) is 2.16. The number of rotatable bonds is 2. The molecule has 31 heavy (non-hydrogen) atoms. The lowest BCUT2D eigenvalue weighted by Gasteiger charge is -2.60. The van der Waals surface area contributed by atoms with Gasteiger partial charge in [0.05, 0.1) is 24.2 Å². The van der Waals surface area contributed by atoms with Gasteiger partial charge in [0.15, 0.2) is 17.6 Å². The van der Waals surface area contributed by atoms with Crippen LogP contribution in [0.25, 0.3) is 10.9 Å². The summed E-state index contributed by atoms with van der Waals surface area (Å²) in [5.41, 5.74) is 4.39. The normalized spacial score (nSPS) is 36.7. The number of ether oxygens (including phenoxy) is 1. The van der Waals surface area contributed by atoms with Gasteiger partial charge in [0, 0.05) is 41.6 Å². The van der Waals surface area contributed by atoms with Crippen molar-refractivity contribution in [2.75, 3.05) is 13.1 Å². The fraction of sp³-hybridized carbons (Fsp3) is 0.462. The number of likely N-dealkylation sites (tertiary alicyclic amines) is 1. The summed E-state index contributed by atoms with van der Waals surface area (Å²) in [6, 6.07) is 12.4. The van der Waals surface area contributed by atoms with Crippen molar-refractivity contribution in [3.63, 3.8) is 0 Å². The molecule has 1 unspecified atom stereocenters. The van der Waals surface area contributed by atoms with Gasteiger partial charge in [-0.3, -0.25) is 0 Å². The Morgan fingerprint density at radius 3 is 2.90 bits per heavy atom. The van der Waals surface area contributed by atoms with Crippen molar-refractivity contribution in [1.29, 1.82) is 0 Å². The number of aliphatic hydroxyl groups is 1. The zero-order chi connectivity index (χ0) is 20.5. The van der Waals surface area contributed by atoms with E-state index in [2.05, 4.69) is 35.3 Å². The number of benzene rings is 2. The van der Waals surface area contributed by atoms with Crippen LogP contribution in [0, 0.1) is 5.92 Å². The number of aromatic amines is 1. The average molecular weight is 416 g/mol. The molecule has 5 nitrogen and oxygen atoms in total. The molecule has 3 heterocycles. The third-order valence-corrected chi connectivity index (χ3v) is 9.26. The molecule has 4 N–H and O–H groups in total. The first kappa shape index (κ1) is 17.1. The fourth-order valence-electron chi connectivity index (χ4n) is 7.80. The third-order valence-electron chi connectivity index (χ3n) is 9.26. The molecule has 2 aromatic carbocycles. The molecule has 158 valence electrons. The standard InChI is InChI=1S/C26H26N2O3/c29-19-8-7-15-11-20-26(30)12-17-16-3-1-2-4-18(16)27-22(17)24-25(26,21(15)23(19)31-24)9-10-28(20)13-14-5-6-14/h1-4,7-8,14,20,24,27,29-30H,5-6,9-13H2/p+1/t20-,24+,25+,26-/m1/s1. The SMILES string of the molecule is Oc1ccc2c3c1O[C@H]1c4[nH]c5ccccc5c4C[C@@]4(O)[C@@H](C2)[NH+](CC2CC2)CC[C@]314. The topological polar surface area (TPSA) is 69.9 Å². The zero-order valence-corrected chi connectivity index (χ0v) is 17.4. The van der Waals surface area contributed by atoms with Gasteiger partial charge in [0.25, 0.3) is 0 Å². The number of H-pyrrole nitrogens is 1. The predicted molar refractivity (Wildman–Crippen MR) is 116 cm³/mol. The molecule has 1 spiro atoms. The van der Waals surface area contributed by atoms with E-state index in [4.69, 9.17) is 4.74 Å². The Bertz CT molecular complexity index is 1280. The van der Waals surface area contributed by atoms with Crippen molar-refractivity contribution in [2.24, 2.45) is 5.92 Å². The average Bonchev–Trinajstić information content (AvgIpc) is 3.40. The van der Waals surface area contributed by atoms with Crippen LogP contribution in [-0.2, 0) is 18.3 Å². The second-order valence-electron chi connectivity index (χ2n) is 10.6. The van der Waals surface area contributed by atoms with Crippen molar-refractivity contribution in [1.82, 2.24) is 4.98 Å². The first-order valence-corrected chi connectivity index (χ1v) is 11.8. The Morgan fingerprint density at radius 2 is 2.03 bits per heavy atom. The summed E-state index contributed by atoms with van der Waals surface area (Å²) in [5.74, 6) is 1.64. The molecular weight excluding hydrogens is 388 g/mol. The van der Waals surface area contributed by atoms with Gasteiger partial charge in [-0.15, -0.1) is 0 Å². The minimum absolute atomic E-state index is 0.165. The third kappa shape index (κ3) is 1.84. The van der Waals surface area contributed by atoms with Gasteiger partial charge in [0.1, 0.15) is 11.6 Å². The zero-order valence-electron chi connectivity index (χ0n) is 17.4. The van der Waals surface area contributed by atoms with E-state index < -0.39 is 11.0 Å². The van der Waals surface area contributed by atoms with E-state index in [-0.39, 0.29) is 17.9 Å². The summed E-state index contributed by atoms with van der Waals surface area (Å²) in [7, 11) is 0. The first-order valence-electron chi connectivity index (χ1n) is 11.8. The van der Waals surface area contributed by atoms with Gasteiger partial charge >= 0.3 is 0 Å². The maximum Gasteiger partial charge on any atom is 0.166 e. The number of aromatic hydroxyl groups is 1. The lowest BCUT2D eigenvalue weighted by atomic mass is 9.49. The van der Waals surface area contributed by atoms with Crippen molar-refractivity contribution < 1.29 is 19.8 Å². The lowest BCUT2D eigenvalue weighted by molar-refractivity contribution is -0.943. The molecule has 1 aromatic heterocycles. The molecule has 1 saturated carbocycles. The Labute approximate surface area is 180 Å². The molecule has 3 aromatic rings. The van der Waals surface area contributed by atoms with Crippen molar-refractivity contribution in [2.45, 2.75) is 55.3 Å². The second kappa shape index (κ2) is 5.28. The summed E-state index contributed by atoms with van der Waals surface area (Å²) in [6.07, 6.45) is 4.81. The number of hydrogen-bond donors (Lipinski definition) is 4. The first-order chi connectivity index (χ1) is 15.1. The molecule has 2 aliphatic heterocycles. The lowest BCUT2D eigenvalue weighted by Crippen LogP contribution is -3.21. The molecule has 5 atom stereocenters. The molecule has 3 aliphatic carbocycles. The molecule has 2 bridgehead atoms. The number of hydrogen-bond acceptors (Lipinski definition) is 3. The molecule has 5 heteroatoms.